The molecule has 2 N–H and O–H groups in total. The molecule has 0 bridgehead atoms. The summed E-state index contributed by atoms with van der Waals surface area (Å²) < 4.78 is 58.5. The fourth-order valence-corrected chi connectivity index (χ4v) is 2.86. The van der Waals surface area contributed by atoms with Crippen molar-refractivity contribution in [1.29, 1.82) is 0 Å². The lowest BCUT2D eigenvalue weighted by atomic mass is 10.1. The largest absolute Gasteiger partial charge is 0.462 e. The van der Waals surface area contributed by atoms with Gasteiger partial charge >= 0.3 is 12.1 Å². The highest BCUT2D eigenvalue weighted by molar-refractivity contribution is 6.06. The molecule has 0 radical (unpaired) electrons. The summed E-state index contributed by atoms with van der Waals surface area (Å²) in [5.74, 6) is -2.28. The fourth-order valence-electron chi connectivity index (χ4n) is 2.86. The lowest BCUT2D eigenvalue weighted by molar-refractivity contribution is -0.137. The molecule has 0 aliphatic carbocycles. The molecule has 9 heteroatoms. The van der Waals surface area contributed by atoms with E-state index in [1.807, 2.05) is 0 Å². The van der Waals surface area contributed by atoms with Crippen LogP contribution in [0.4, 0.5) is 34.6 Å². The van der Waals surface area contributed by atoms with Crippen molar-refractivity contribution < 1.29 is 31.9 Å². The van der Waals surface area contributed by atoms with E-state index in [-0.39, 0.29) is 29.1 Å². The van der Waals surface area contributed by atoms with Gasteiger partial charge in [0, 0.05) is 5.69 Å². The van der Waals surface area contributed by atoms with Crippen LogP contribution in [0.3, 0.4) is 0 Å². The van der Waals surface area contributed by atoms with E-state index < -0.39 is 29.4 Å². The minimum atomic E-state index is -4.65. The number of rotatable bonds is 6. The number of nitrogens with one attached hydrogen (secondary N) is 2. The Balaban J connectivity index is 1.95. The lowest BCUT2D eigenvalue weighted by Crippen LogP contribution is -2.16. The van der Waals surface area contributed by atoms with E-state index in [4.69, 9.17) is 4.74 Å². The third-order valence-corrected chi connectivity index (χ3v) is 4.37. The van der Waals surface area contributed by atoms with Crippen LogP contribution in [0.1, 0.15) is 33.2 Å². The van der Waals surface area contributed by atoms with Crippen LogP contribution in [0, 0.1) is 5.82 Å². The van der Waals surface area contributed by atoms with Gasteiger partial charge in [-0.05, 0) is 55.5 Å². The zero-order valence-corrected chi connectivity index (χ0v) is 16.8. The first-order chi connectivity index (χ1) is 15.2. The van der Waals surface area contributed by atoms with Gasteiger partial charge in [-0.1, -0.05) is 18.2 Å². The molecule has 166 valence electrons. The molecular weight excluding hydrogens is 428 g/mol. The molecule has 0 aliphatic rings. The predicted molar refractivity (Wildman–Crippen MR) is 111 cm³/mol. The molecule has 0 spiro atoms. The first-order valence-corrected chi connectivity index (χ1v) is 9.50. The summed E-state index contributed by atoms with van der Waals surface area (Å²) >= 11 is 0. The van der Waals surface area contributed by atoms with Crippen molar-refractivity contribution >= 4 is 28.9 Å². The van der Waals surface area contributed by atoms with Crippen LogP contribution in [-0.2, 0) is 10.9 Å². The Kier molecular flexibility index (Phi) is 6.77. The Morgan fingerprint density at radius 2 is 1.69 bits per heavy atom. The number of amides is 1. The minimum Gasteiger partial charge on any atom is -0.462 e. The van der Waals surface area contributed by atoms with Gasteiger partial charge in [0.15, 0.2) is 0 Å². The van der Waals surface area contributed by atoms with Crippen LogP contribution in [0.2, 0.25) is 0 Å². The minimum absolute atomic E-state index is 0.115. The molecule has 0 saturated carbocycles. The summed E-state index contributed by atoms with van der Waals surface area (Å²) in [5, 5.41) is 5.20. The Hall–Kier alpha value is -3.88. The molecule has 3 aromatic rings. The highest BCUT2D eigenvalue weighted by atomic mass is 19.4. The number of ether oxygens (including phenoxy) is 1. The molecule has 0 heterocycles. The molecule has 5 nitrogen and oxygen atoms in total. The number of benzene rings is 3. The highest BCUT2D eigenvalue weighted by Gasteiger charge is 2.31. The first kappa shape index (κ1) is 22.8. The topological polar surface area (TPSA) is 67.4 Å². The van der Waals surface area contributed by atoms with Gasteiger partial charge in [-0.15, -0.1) is 0 Å². The highest BCUT2D eigenvalue weighted by Crippen LogP contribution is 2.35. The van der Waals surface area contributed by atoms with Gasteiger partial charge in [-0.25, -0.2) is 9.18 Å². The molecule has 0 atom stereocenters. The van der Waals surface area contributed by atoms with E-state index in [1.54, 1.807) is 19.1 Å². The predicted octanol–water partition coefficient (Wildman–Crippen LogP) is 6.02. The molecule has 0 aromatic heterocycles. The van der Waals surface area contributed by atoms with E-state index >= 15 is 0 Å². The van der Waals surface area contributed by atoms with Crippen molar-refractivity contribution in [3.05, 3.63) is 89.2 Å². The molecule has 0 aliphatic heterocycles. The SMILES string of the molecule is CCOC(=O)c1cccc(Nc2ccc(C(F)(F)F)cc2NC(=O)c2ccccc2F)c1. The summed E-state index contributed by atoms with van der Waals surface area (Å²) in [7, 11) is 0. The Morgan fingerprint density at radius 3 is 2.38 bits per heavy atom. The van der Waals surface area contributed by atoms with Crippen LogP contribution < -0.4 is 10.6 Å². The molecule has 3 rings (SSSR count). The second-order valence-corrected chi connectivity index (χ2v) is 6.62. The number of halogens is 4. The number of anilines is 3. The lowest BCUT2D eigenvalue weighted by Gasteiger charge is -2.16. The quantitative estimate of drug-likeness (QED) is 0.359. The molecule has 0 saturated heterocycles. The Morgan fingerprint density at radius 1 is 0.938 bits per heavy atom. The second-order valence-electron chi connectivity index (χ2n) is 6.62. The molecule has 0 unspecified atom stereocenters. The zero-order valence-electron chi connectivity index (χ0n) is 16.8. The zero-order chi connectivity index (χ0) is 23.3. The van der Waals surface area contributed by atoms with Crippen LogP contribution >= 0.6 is 0 Å². The third kappa shape index (κ3) is 5.42. The van der Waals surface area contributed by atoms with Gasteiger partial charge in [0.2, 0.25) is 0 Å². The van der Waals surface area contributed by atoms with Crippen LogP contribution in [-0.4, -0.2) is 18.5 Å². The van der Waals surface area contributed by atoms with Crippen molar-refractivity contribution in [1.82, 2.24) is 0 Å². The van der Waals surface area contributed by atoms with Crippen molar-refractivity contribution in [2.24, 2.45) is 0 Å². The van der Waals surface area contributed by atoms with Gasteiger partial charge in [-0.3, -0.25) is 4.79 Å². The van der Waals surface area contributed by atoms with Gasteiger partial charge in [0.05, 0.1) is 34.7 Å². The van der Waals surface area contributed by atoms with Gasteiger partial charge in [-0.2, -0.15) is 13.2 Å². The monoisotopic (exact) mass is 446 g/mol. The second kappa shape index (κ2) is 9.51. The van der Waals surface area contributed by atoms with E-state index in [0.29, 0.717) is 5.69 Å². The number of carbonyl (C=O) groups excluding carboxylic acids is 2. The first-order valence-electron chi connectivity index (χ1n) is 9.50. The third-order valence-electron chi connectivity index (χ3n) is 4.37. The Labute approximate surface area is 181 Å². The summed E-state index contributed by atoms with van der Waals surface area (Å²) in [5.41, 5.74) is -0.803. The van der Waals surface area contributed by atoms with E-state index in [1.165, 1.54) is 30.3 Å². The van der Waals surface area contributed by atoms with E-state index in [9.17, 15) is 27.2 Å². The smallest absolute Gasteiger partial charge is 0.416 e. The Bertz CT molecular complexity index is 1150. The average Bonchev–Trinajstić information content (AvgIpc) is 2.75. The van der Waals surface area contributed by atoms with Crippen LogP contribution in [0.25, 0.3) is 0 Å². The maximum Gasteiger partial charge on any atom is 0.416 e. The normalized spacial score (nSPS) is 11.0. The maximum atomic E-state index is 13.9. The van der Waals surface area contributed by atoms with Gasteiger partial charge in [0.1, 0.15) is 5.82 Å². The van der Waals surface area contributed by atoms with Crippen molar-refractivity contribution in [2.45, 2.75) is 13.1 Å². The molecule has 32 heavy (non-hydrogen) atoms. The van der Waals surface area contributed by atoms with Gasteiger partial charge < -0.3 is 15.4 Å². The summed E-state index contributed by atoms with van der Waals surface area (Å²) in [6.07, 6.45) is -4.65. The molecule has 0 fully saturated rings. The fraction of sp³-hybridized carbons (Fsp3) is 0.130. The van der Waals surface area contributed by atoms with Gasteiger partial charge in [0.25, 0.3) is 5.91 Å². The maximum absolute atomic E-state index is 13.9. The standard InChI is InChI=1S/C23H18F4N2O3/c1-2-32-22(31)14-6-5-7-16(12-14)28-19-11-10-15(23(25,26)27)13-20(19)29-21(30)17-8-3-4-9-18(17)24/h3-13,28H,2H2,1H3,(H,29,30). The average molecular weight is 446 g/mol. The van der Waals surface area contributed by atoms with Crippen molar-refractivity contribution in [3.8, 4) is 0 Å². The van der Waals surface area contributed by atoms with Crippen molar-refractivity contribution in [3.63, 3.8) is 0 Å². The van der Waals surface area contributed by atoms with E-state index in [0.717, 1.165) is 24.3 Å². The number of alkyl halides is 3. The molecule has 1 amide bonds. The number of esters is 1. The van der Waals surface area contributed by atoms with E-state index in [2.05, 4.69) is 10.6 Å². The number of carbonyl (C=O) groups is 2. The summed E-state index contributed by atoms with van der Waals surface area (Å²) in [4.78, 5) is 24.4. The number of hydrogen-bond donors (Lipinski definition) is 2. The number of hydrogen-bond acceptors (Lipinski definition) is 4. The molecule has 3 aromatic carbocycles. The van der Waals surface area contributed by atoms with Crippen molar-refractivity contribution in [2.75, 3.05) is 17.2 Å². The summed E-state index contributed by atoms with van der Waals surface area (Å²) in [6.45, 7) is 1.84. The molecular formula is C23H18F4N2O3. The van der Waals surface area contributed by atoms with Crippen LogP contribution in [0.5, 0.6) is 0 Å². The summed E-state index contributed by atoms with van der Waals surface area (Å²) in [6, 6.07) is 14.0. The van der Waals surface area contributed by atoms with Crippen LogP contribution in [0.15, 0.2) is 66.7 Å².